The Labute approximate surface area is 165 Å². The van der Waals surface area contributed by atoms with Crippen LogP contribution in [-0.4, -0.2) is 31.7 Å². The van der Waals surface area contributed by atoms with E-state index in [1.807, 2.05) is 25.1 Å². The van der Waals surface area contributed by atoms with Crippen LogP contribution in [0.2, 0.25) is 0 Å². The molecular formula is C18H23F3N4O2S. The number of thiazole rings is 1. The zero-order chi connectivity index (χ0) is 20.6. The summed E-state index contributed by atoms with van der Waals surface area (Å²) in [7, 11) is 3.16. The van der Waals surface area contributed by atoms with Crippen LogP contribution < -0.4 is 20.1 Å². The first-order chi connectivity index (χ1) is 13.4. The van der Waals surface area contributed by atoms with Gasteiger partial charge < -0.3 is 20.1 Å². The van der Waals surface area contributed by atoms with Crippen LogP contribution in [0.3, 0.4) is 0 Å². The predicted molar refractivity (Wildman–Crippen MR) is 103 cm³/mol. The van der Waals surface area contributed by atoms with E-state index < -0.39 is 11.9 Å². The normalized spacial score (nSPS) is 12.0. The molecule has 1 aromatic heterocycles. The Balaban J connectivity index is 1.90. The number of aliphatic imine (C=N–C) groups is 1. The van der Waals surface area contributed by atoms with E-state index in [1.165, 1.54) is 0 Å². The third-order valence-electron chi connectivity index (χ3n) is 3.62. The molecule has 2 aromatic rings. The number of methoxy groups -OCH3 is 1. The molecule has 0 bridgehead atoms. The van der Waals surface area contributed by atoms with E-state index in [2.05, 4.69) is 20.6 Å². The van der Waals surface area contributed by atoms with Gasteiger partial charge in [-0.15, -0.1) is 11.3 Å². The molecule has 0 fully saturated rings. The van der Waals surface area contributed by atoms with E-state index in [-0.39, 0.29) is 6.54 Å². The minimum Gasteiger partial charge on any atom is -0.493 e. The summed E-state index contributed by atoms with van der Waals surface area (Å²) in [5, 5.41) is 7.39. The topological polar surface area (TPSA) is 67.8 Å². The first-order valence-corrected chi connectivity index (χ1v) is 9.51. The van der Waals surface area contributed by atoms with Gasteiger partial charge in [0.15, 0.2) is 23.2 Å². The van der Waals surface area contributed by atoms with Crippen LogP contribution in [0.25, 0.3) is 0 Å². The summed E-state index contributed by atoms with van der Waals surface area (Å²) in [5.74, 6) is 1.77. The fraction of sp³-hybridized carbons (Fsp3) is 0.444. The lowest BCUT2D eigenvalue weighted by Crippen LogP contribution is -2.36. The molecular weight excluding hydrogens is 393 g/mol. The predicted octanol–water partition coefficient (Wildman–Crippen LogP) is 3.82. The van der Waals surface area contributed by atoms with Crippen LogP contribution in [0, 0.1) is 0 Å². The molecule has 0 amide bonds. The molecule has 154 valence electrons. The molecule has 0 saturated heterocycles. The Kier molecular flexibility index (Phi) is 7.91. The first-order valence-electron chi connectivity index (χ1n) is 8.63. The van der Waals surface area contributed by atoms with Gasteiger partial charge in [-0.3, -0.25) is 4.99 Å². The number of nitrogens with zero attached hydrogens (tertiary/aromatic N) is 2. The largest absolute Gasteiger partial charge is 0.493 e. The Morgan fingerprint density at radius 2 is 1.96 bits per heavy atom. The molecule has 1 aromatic carbocycles. The second-order valence-electron chi connectivity index (χ2n) is 5.74. The average Bonchev–Trinajstić information content (AvgIpc) is 3.16. The summed E-state index contributed by atoms with van der Waals surface area (Å²) < 4.78 is 48.8. The molecule has 0 saturated carbocycles. The molecule has 2 N–H and O–H groups in total. The second-order valence-corrected chi connectivity index (χ2v) is 6.68. The third-order valence-corrected chi connectivity index (χ3v) is 4.47. The van der Waals surface area contributed by atoms with Crippen molar-refractivity contribution in [3.05, 3.63) is 39.8 Å². The zero-order valence-electron chi connectivity index (χ0n) is 15.9. The molecule has 0 aliphatic rings. The molecule has 0 radical (unpaired) electrons. The second kappa shape index (κ2) is 10.2. The number of halogens is 3. The monoisotopic (exact) mass is 416 g/mol. The van der Waals surface area contributed by atoms with Crippen molar-refractivity contribution >= 4 is 17.3 Å². The summed E-state index contributed by atoms with van der Waals surface area (Å²) >= 11 is 0.949. The molecule has 28 heavy (non-hydrogen) atoms. The van der Waals surface area contributed by atoms with Gasteiger partial charge in [-0.1, -0.05) is 13.0 Å². The van der Waals surface area contributed by atoms with Gasteiger partial charge in [-0.2, -0.15) is 13.2 Å². The summed E-state index contributed by atoms with van der Waals surface area (Å²) in [6, 6.07) is 5.61. The number of alkyl halides is 3. The Hall–Kier alpha value is -2.49. The van der Waals surface area contributed by atoms with Crippen molar-refractivity contribution in [2.45, 2.75) is 32.6 Å². The number of hydrogen-bond donors (Lipinski definition) is 2. The maximum atomic E-state index is 12.6. The highest BCUT2D eigenvalue weighted by Crippen LogP contribution is 2.30. The molecule has 1 heterocycles. The van der Waals surface area contributed by atoms with Crippen molar-refractivity contribution in [3.8, 4) is 11.5 Å². The van der Waals surface area contributed by atoms with Crippen LogP contribution >= 0.6 is 11.3 Å². The first kappa shape index (κ1) is 21.8. The van der Waals surface area contributed by atoms with Gasteiger partial charge in [0.1, 0.15) is 5.01 Å². The lowest BCUT2D eigenvalue weighted by atomic mass is 10.2. The van der Waals surface area contributed by atoms with E-state index in [9.17, 15) is 13.2 Å². The van der Waals surface area contributed by atoms with Gasteiger partial charge in [-0.05, 0) is 24.1 Å². The molecule has 0 spiro atoms. The van der Waals surface area contributed by atoms with Crippen LogP contribution in [0.5, 0.6) is 11.5 Å². The maximum Gasteiger partial charge on any atom is 0.434 e. The summed E-state index contributed by atoms with van der Waals surface area (Å²) in [4.78, 5) is 7.65. The van der Waals surface area contributed by atoms with Crippen molar-refractivity contribution in [2.75, 3.05) is 20.8 Å². The minimum atomic E-state index is -4.43. The van der Waals surface area contributed by atoms with Gasteiger partial charge in [0.25, 0.3) is 0 Å². The number of hydrogen-bond acceptors (Lipinski definition) is 5. The zero-order valence-corrected chi connectivity index (χ0v) is 16.7. The summed E-state index contributed by atoms with van der Waals surface area (Å²) in [6.07, 6.45) is -3.53. The van der Waals surface area contributed by atoms with Gasteiger partial charge >= 0.3 is 6.18 Å². The Bertz CT molecular complexity index is 793. The van der Waals surface area contributed by atoms with Crippen molar-refractivity contribution in [1.29, 1.82) is 0 Å². The average molecular weight is 416 g/mol. The van der Waals surface area contributed by atoms with E-state index in [0.717, 1.165) is 28.7 Å². The number of aromatic nitrogens is 1. The van der Waals surface area contributed by atoms with E-state index in [1.54, 1.807) is 14.2 Å². The van der Waals surface area contributed by atoms with Crippen molar-refractivity contribution in [3.63, 3.8) is 0 Å². The molecule has 0 aliphatic carbocycles. The van der Waals surface area contributed by atoms with Gasteiger partial charge in [0.2, 0.25) is 0 Å². The molecule has 6 nitrogen and oxygen atoms in total. The van der Waals surface area contributed by atoms with Crippen LogP contribution in [-0.2, 0) is 19.3 Å². The summed E-state index contributed by atoms with van der Waals surface area (Å²) in [6.45, 7) is 3.24. The fourth-order valence-corrected chi connectivity index (χ4v) is 2.98. The van der Waals surface area contributed by atoms with Gasteiger partial charge in [0, 0.05) is 19.0 Å². The Morgan fingerprint density at radius 1 is 1.21 bits per heavy atom. The van der Waals surface area contributed by atoms with E-state index in [0.29, 0.717) is 35.6 Å². The smallest absolute Gasteiger partial charge is 0.434 e. The van der Waals surface area contributed by atoms with Gasteiger partial charge in [-0.25, -0.2) is 4.98 Å². The summed E-state index contributed by atoms with van der Waals surface area (Å²) in [5.41, 5.74) is 0.0620. The van der Waals surface area contributed by atoms with E-state index >= 15 is 0 Å². The highest BCUT2D eigenvalue weighted by molar-refractivity contribution is 7.09. The lowest BCUT2D eigenvalue weighted by Gasteiger charge is -2.14. The lowest BCUT2D eigenvalue weighted by molar-refractivity contribution is -0.140. The molecule has 0 unspecified atom stereocenters. The molecule has 2 rings (SSSR count). The number of nitrogens with one attached hydrogen (secondary N) is 2. The van der Waals surface area contributed by atoms with Crippen molar-refractivity contribution in [2.24, 2.45) is 4.99 Å². The number of rotatable bonds is 8. The molecule has 10 heteroatoms. The van der Waals surface area contributed by atoms with Crippen LogP contribution in [0.4, 0.5) is 13.2 Å². The van der Waals surface area contributed by atoms with Gasteiger partial charge in [0.05, 0.1) is 20.3 Å². The van der Waals surface area contributed by atoms with Crippen LogP contribution in [0.15, 0.2) is 28.6 Å². The minimum absolute atomic E-state index is 0.146. The van der Waals surface area contributed by atoms with E-state index in [4.69, 9.17) is 9.47 Å². The molecule has 0 atom stereocenters. The number of guanidine groups is 1. The fourth-order valence-electron chi connectivity index (χ4n) is 2.24. The number of ether oxygens (including phenoxy) is 2. The Morgan fingerprint density at radius 3 is 2.57 bits per heavy atom. The third kappa shape index (κ3) is 6.29. The van der Waals surface area contributed by atoms with Crippen molar-refractivity contribution in [1.82, 2.24) is 15.6 Å². The highest BCUT2D eigenvalue weighted by Gasteiger charge is 2.33. The maximum absolute atomic E-state index is 12.6. The molecule has 0 aliphatic heterocycles. The highest BCUT2D eigenvalue weighted by atomic mass is 32.1. The quantitative estimate of drug-likeness (QED) is 0.506. The number of benzene rings is 1. The van der Waals surface area contributed by atoms with Crippen LogP contribution in [0.1, 0.15) is 29.6 Å². The van der Waals surface area contributed by atoms with Crippen molar-refractivity contribution < 1.29 is 22.6 Å². The SMILES string of the molecule is CCCOc1ccc(CNC(=NC)NCc2nc(C(F)(F)F)cs2)cc1OC. The standard InChI is InChI=1S/C18H23F3N4O2S/c1-4-7-27-13-6-5-12(8-14(13)26-3)9-23-17(22-2)24-10-16-25-15(11-28-16)18(19,20)21/h5-6,8,11H,4,7,9-10H2,1-3H3,(H2,22,23,24).